The van der Waals surface area contributed by atoms with Crippen LogP contribution in [-0.4, -0.2) is 50.9 Å². The van der Waals surface area contributed by atoms with Crippen molar-refractivity contribution in [2.75, 3.05) is 0 Å². The molecule has 0 bridgehead atoms. The minimum Gasteiger partial charge on any atom is -0.900 e. The molecular weight excluding hydrogens is 193 g/mol. The van der Waals surface area contributed by atoms with Crippen LogP contribution in [0.4, 0.5) is 0 Å². The summed E-state index contributed by atoms with van der Waals surface area (Å²) in [4.78, 5) is 0. The molecule has 0 amide bonds. The molecule has 0 spiro atoms. The summed E-state index contributed by atoms with van der Waals surface area (Å²) in [5.41, 5.74) is 0. The van der Waals surface area contributed by atoms with Crippen molar-refractivity contribution < 1.29 is 15.5 Å². The van der Waals surface area contributed by atoms with Crippen LogP contribution in [0.5, 0.6) is 0 Å². The van der Waals surface area contributed by atoms with Gasteiger partial charge >= 0.3 is 37.7 Å². The van der Waals surface area contributed by atoms with Crippen molar-refractivity contribution in [3.63, 3.8) is 0 Å². The molecule has 57 valence electrons. The second-order valence-electron chi connectivity index (χ2n) is 1.02. The monoisotopic (exact) mass is 200 g/mol. The van der Waals surface area contributed by atoms with Gasteiger partial charge in [-0.05, 0) is 23.4 Å². The Morgan fingerprint density at radius 3 is 1.91 bits per heavy atom. The van der Waals surface area contributed by atoms with E-state index in [1.807, 2.05) is 23.8 Å². The average molecular weight is 200 g/mol. The van der Waals surface area contributed by atoms with Crippen molar-refractivity contribution in [2.24, 2.45) is 0 Å². The van der Waals surface area contributed by atoms with Crippen LogP contribution in [0.25, 0.3) is 0 Å². The van der Waals surface area contributed by atoms with Gasteiger partial charge in [-0.15, -0.1) is 0 Å². The number of nitrogens with one attached hydrogen (secondary N) is 1. The standard InChI is InChI=1S/C4H5NS.BO2.Ca.H2O/c1-2-4-6-5-3-1;2-1-3;;/h1-5H;;;1H2/q;-2;+2;. The molecule has 11 heavy (non-hydrogen) atoms. The fourth-order valence-electron chi connectivity index (χ4n) is 0.258. The predicted octanol–water partition coefficient (Wildman–Crippen LogP) is -2.70. The van der Waals surface area contributed by atoms with Gasteiger partial charge in [0.1, 0.15) is 0 Å². The fraction of sp³-hybridized carbons (Fsp3) is 0. The van der Waals surface area contributed by atoms with E-state index < -0.39 is 7.69 Å². The van der Waals surface area contributed by atoms with Crippen LogP contribution in [0, 0.1) is 0 Å². The summed E-state index contributed by atoms with van der Waals surface area (Å²) >= 11 is 1.58. The number of hydrogen-bond acceptors (Lipinski definition) is 4. The largest absolute Gasteiger partial charge is 2.00 e. The third-order valence-electron chi connectivity index (χ3n) is 0.490. The molecule has 0 aliphatic carbocycles. The normalized spacial score (nSPS) is 10.7. The third-order valence-corrected chi connectivity index (χ3v) is 1.06. The van der Waals surface area contributed by atoms with Crippen molar-refractivity contribution in [3.05, 3.63) is 23.8 Å². The molecule has 0 aromatic heterocycles. The molecule has 0 atom stereocenters. The van der Waals surface area contributed by atoms with E-state index in [0.717, 1.165) is 0 Å². The Morgan fingerprint density at radius 2 is 1.82 bits per heavy atom. The van der Waals surface area contributed by atoms with Gasteiger partial charge in [-0.25, -0.2) is 7.69 Å². The second-order valence-corrected chi connectivity index (χ2v) is 1.76. The summed E-state index contributed by atoms with van der Waals surface area (Å²) in [7, 11) is -0.500. The zero-order chi connectivity index (χ0) is 6.95. The molecule has 0 aromatic carbocycles. The SMILES string of the molecule is C1=CNSC=C1.O.[Ca+2].[O-][B][O-]. The van der Waals surface area contributed by atoms with Gasteiger partial charge in [-0.3, -0.25) is 0 Å². The van der Waals surface area contributed by atoms with Crippen LogP contribution in [0.3, 0.4) is 0 Å². The fourth-order valence-corrected chi connectivity index (χ4v) is 0.663. The molecular formula is C4H7BCaNO3S. The van der Waals surface area contributed by atoms with E-state index in [9.17, 15) is 0 Å². The third kappa shape index (κ3) is 18.1. The Hall–Kier alpha value is 0.835. The van der Waals surface area contributed by atoms with Crippen molar-refractivity contribution >= 4 is 57.4 Å². The van der Waals surface area contributed by atoms with Crippen LogP contribution in [0.2, 0.25) is 0 Å². The van der Waals surface area contributed by atoms with Gasteiger partial charge in [0.25, 0.3) is 0 Å². The van der Waals surface area contributed by atoms with Gasteiger partial charge in [0.15, 0.2) is 0 Å². The molecule has 1 radical (unpaired) electrons. The summed E-state index contributed by atoms with van der Waals surface area (Å²) in [6.07, 6.45) is 5.84. The first-order chi connectivity index (χ1) is 4.41. The summed E-state index contributed by atoms with van der Waals surface area (Å²) in [6.45, 7) is 0. The van der Waals surface area contributed by atoms with E-state index >= 15 is 0 Å². The summed E-state index contributed by atoms with van der Waals surface area (Å²) in [6, 6.07) is 0. The minimum atomic E-state index is -0.500. The molecule has 1 aliphatic rings. The number of allylic oxidation sites excluding steroid dienone is 2. The molecule has 0 saturated heterocycles. The Kier molecular flexibility index (Phi) is 27.6. The van der Waals surface area contributed by atoms with E-state index in [2.05, 4.69) is 4.72 Å². The topological polar surface area (TPSA) is 89.7 Å². The molecule has 0 fully saturated rings. The van der Waals surface area contributed by atoms with E-state index in [4.69, 9.17) is 10.0 Å². The minimum absolute atomic E-state index is 0. The molecule has 1 heterocycles. The quantitative estimate of drug-likeness (QED) is 0.340. The smallest absolute Gasteiger partial charge is 0.900 e. The van der Waals surface area contributed by atoms with Crippen molar-refractivity contribution in [3.8, 4) is 0 Å². The molecule has 4 nitrogen and oxygen atoms in total. The average Bonchev–Trinajstić information content (AvgIpc) is 1.93. The van der Waals surface area contributed by atoms with E-state index in [-0.39, 0.29) is 43.2 Å². The maximum atomic E-state index is 8.25. The van der Waals surface area contributed by atoms with Gasteiger partial charge < -0.3 is 20.2 Å². The molecule has 7 heteroatoms. The van der Waals surface area contributed by atoms with Crippen LogP contribution in [0.15, 0.2) is 23.8 Å². The van der Waals surface area contributed by atoms with Crippen molar-refractivity contribution in [2.45, 2.75) is 0 Å². The Bertz CT molecular complexity index is 102. The van der Waals surface area contributed by atoms with Gasteiger partial charge in [-0.2, -0.15) is 0 Å². The molecule has 1 rings (SSSR count). The van der Waals surface area contributed by atoms with Crippen molar-refractivity contribution in [1.82, 2.24) is 4.72 Å². The zero-order valence-corrected chi connectivity index (χ0v) is 8.84. The Balaban J connectivity index is -0.000000116. The van der Waals surface area contributed by atoms with Gasteiger partial charge in [0.2, 0.25) is 0 Å². The first-order valence-corrected chi connectivity index (χ1v) is 3.08. The van der Waals surface area contributed by atoms with Crippen LogP contribution in [-0.2, 0) is 0 Å². The molecule has 1 aliphatic heterocycles. The van der Waals surface area contributed by atoms with E-state index in [1.165, 1.54) is 0 Å². The Morgan fingerprint density at radius 1 is 1.27 bits per heavy atom. The zero-order valence-electron chi connectivity index (χ0n) is 5.82. The molecule has 3 N–H and O–H groups in total. The van der Waals surface area contributed by atoms with Crippen molar-refractivity contribution in [1.29, 1.82) is 0 Å². The predicted molar refractivity (Wildman–Crippen MR) is 44.1 cm³/mol. The first-order valence-electron chi connectivity index (χ1n) is 2.20. The molecule has 0 unspecified atom stereocenters. The van der Waals surface area contributed by atoms with Crippen LogP contribution >= 0.6 is 11.9 Å². The van der Waals surface area contributed by atoms with Gasteiger partial charge in [-0.1, -0.05) is 6.08 Å². The summed E-state index contributed by atoms with van der Waals surface area (Å²) < 4.78 is 2.93. The van der Waals surface area contributed by atoms with Gasteiger partial charge in [0, 0.05) is 6.20 Å². The molecule has 0 aromatic rings. The van der Waals surface area contributed by atoms with Crippen LogP contribution in [0.1, 0.15) is 0 Å². The maximum absolute atomic E-state index is 8.25. The van der Waals surface area contributed by atoms with E-state index in [0.29, 0.717) is 0 Å². The van der Waals surface area contributed by atoms with Crippen LogP contribution < -0.4 is 14.8 Å². The number of hydrogen-bond donors (Lipinski definition) is 1. The second kappa shape index (κ2) is 17.1. The first kappa shape index (κ1) is 17.8. The number of rotatable bonds is 0. The summed E-state index contributed by atoms with van der Waals surface area (Å²) in [5.74, 6) is 0. The molecule has 0 saturated carbocycles. The Labute approximate surface area is 101 Å². The summed E-state index contributed by atoms with van der Waals surface area (Å²) in [5, 5.41) is 18.5. The maximum Gasteiger partial charge on any atom is 2.00 e. The van der Waals surface area contributed by atoms with Gasteiger partial charge in [0.05, 0.1) is 0 Å². The van der Waals surface area contributed by atoms with E-state index in [1.54, 1.807) is 11.9 Å².